The standard InChI is InChI=1S/C18H32.C8H14/c1-5-8-9-10-11-12-13-14-15-17-18(4,7-3)16-6-2;1-4-6-8(3)7-5-2/h5-6,14-15H,1-2,7-13,16-17H2,3-4H3;4-5,8H,1-2,6-7H2,3H3. The van der Waals surface area contributed by atoms with Gasteiger partial charge in [-0.2, -0.15) is 0 Å². The number of allylic oxidation sites excluding steroid dienone is 6. The predicted octanol–water partition coefficient (Wildman–Crippen LogP) is 9.23. The van der Waals surface area contributed by atoms with Gasteiger partial charge >= 0.3 is 0 Å². The minimum absolute atomic E-state index is 0.419. The quantitative estimate of drug-likeness (QED) is 0.190. The van der Waals surface area contributed by atoms with Crippen molar-refractivity contribution in [2.75, 3.05) is 0 Å². The van der Waals surface area contributed by atoms with E-state index in [1.807, 2.05) is 18.2 Å². The molecule has 0 aromatic carbocycles. The highest BCUT2D eigenvalue weighted by atomic mass is 14.2. The van der Waals surface area contributed by atoms with Crippen LogP contribution in [-0.2, 0) is 0 Å². The molecule has 26 heavy (non-hydrogen) atoms. The molecular weight excluding hydrogens is 312 g/mol. The van der Waals surface area contributed by atoms with Crippen LogP contribution in [0.1, 0.15) is 91.4 Å². The molecule has 0 radical (unpaired) electrons. The minimum Gasteiger partial charge on any atom is -0.103 e. The lowest BCUT2D eigenvalue weighted by Crippen LogP contribution is -2.12. The van der Waals surface area contributed by atoms with E-state index in [-0.39, 0.29) is 0 Å². The van der Waals surface area contributed by atoms with Gasteiger partial charge in [-0.25, -0.2) is 0 Å². The number of hydrogen-bond acceptors (Lipinski definition) is 0. The first kappa shape index (κ1) is 26.9. The molecule has 0 fully saturated rings. The maximum Gasteiger partial charge on any atom is -0.0260 e. The molecule has 0 saturated heterocycles. The van der Waals surface area contributed by atoms with Crippen molar-refractivity contribution in [1.82, 2.24) is 0 Å². The van der Waals surface area contributed by atoms with E-state index in [1.165, 1.54) is 51.4 Å². The van der Waals surface area contributed by atoms with Crippen LogP contribution in [0.4, 0.5) is 0 Å². The van der Waals surface area contributed by atoms with Gasteiger partial charge in [-0.15, -0.1) is 26.3 Å². The van der Waals surface area contributed by atoms with Gasteiger partial charge in [0.05, 0.1) is 0 Å². The first-order chi connectivity index (χ1) is 12.5. The van der Waals surface area contributed by atoms with Crippen LogP contribution in [0.5, 0.6) is 0 Å². The van der Waals surface area contributed by atoms with Gasteiger partial charge < -0.3 is 0 Å². The van der Waals surface area contributed by atoms with E-state index in [9.17, 15) is 0 Å². The van der Waals surface area contributed by atoms with E-state index in [0.29, 0.717) is 5.41 Å². The molecule has 1 atom stereocenters. The first-order valence-corrected chi connectivity index (χ1v) is 10.6. The molecule has 0 aromatic rings. The Morgan fingerprint density at radius 3 is 1.77 bits per heavy atom. The molecule has 0 heterocycles. The summed E-state index contributed by atoms with van der Waals surface area (Å²) in [6.45, 7) is 21.7. The van der Waals surface area contributed by atoms with Crippen molar-refractivity contribution in [1.29, 1.82) is 0 Å². The third-order valence-corrected chi connectivity index (χ3v) is 4.94. The second kappa shape index (κ2) is 20.0. The molecule has 0 aliphatic rings. The zero-order valence-corrected chi connectivity index (χ0v) is 18.1. The highest BCUT2D eigenvalue weighted by molar-refractivity contribution is 4.91. The Kier molecular flexibility index (Phi) is 20.7. The van der Waals surface area contributed by atoms with Crippen molar-refractivity contribution in [3.05, 3.63) is 62.8 Å². The molecule has 150 valence electrons. The van der Waals surface area contributed by atoms with Crippen molar-refractivity contribution in [2.24, 2.45) is 11.3 Å². The third kappa shape index (κ3) is 19.0. The summed E-state index contributed by atoms with van der Waals surface area (Å²) >= 11 is 0. The van der Waals surface area contributed by atoms with Crippen molar-refractivity contribution >= 4 is 0 Å². The number of rotatable bonds is 16. The highest BCUT2D eigenvalue weighted by Gasteiger charge is 2.17. The lowest BCUT2D eigenvalue weighted by atomic mass is 9.81. The SMILES string of the molecule is C=CCC(C)CC=C.C=CCCCCCCC=CCC(C)(CC)CC=C. The molecule has 0 bridgehead atoms. The van der Waals surface area contributed by atoms with Gasteiger partial charge in [0.1, 0.15) is 0 Å². The van der Waals surface area contributed by atoms with E-state index in [0.717, 1.165) is 25.2 Å². The van der Waals surface area contributed by atoms with Crippen molar-refractivity contribution in [2.45, 2.75) is 91.4 Å². The van der Waals surface area contributed by atoms with Crippen LogP contribution in [0, 0.1) is 11.3 Å². The Morgan fingerprint density at radius 2 is 1.31 bits per heavy atom. The van der Waals surface area contributed by atoms with Gasteiger partial charge in [-0.05, 0) is 62.7 Å². The van der Waals surface area contributed by atoms with Gasteiger partial charge in [0.25, 0.3) is 0 Å². The molecular formula is C26H46. The van der Waals surface area contributed by atoms with Crippen LogP contribution < -0.4 is 0 Å². The molecule has 0 nitrogen and oxygen atoms in total. The Hall–Kier alpha value is -1.30. The predicted molar refractivity (Wildman–Crippen MR) is 124 cm³/mol. The van der Waals surface area contributed by atoms with E-state index in [1.54, 1.807) is 0 Å². The zero-order valence-electron chi connectivity index (χ0n) is 18.1. The average molecular weight is 359 g/mol. The maximum absolute atomic E-state index is 3.86. The second-order valence-electron chi connectivity index (χ2n) is 7.77. The Bertz CT molecular complexity index is 363. The maximum atomic E-state index is 3.86. The van der Waals surface area contributed by atoms with Crippen LogP contribution in [0.15, 0.2) is 62.8 Å². The monoisotopic (exact) mass is 358 g/mol. The summed E-state index contributed by atoms with van der Waals surface area (Å²) in [6, 6.07) is 0. The number of hydrogen-bond donors (Lipinski definition) is 0. The van der Waals surface area contributed by atoms with E-state index in [4.69, 9.17) is 0 Å². The van der Waals surface area contributed by atoms with Gasteiger partial charge in [0.2, 0.25) is 0 Å². The molecule has 0 spiro atoms. The summed E-state index contributed by atoms with van der Waals surface area (Å²) in [5, 5.41) is 0. The van der Waals surface area contributed by atoms with Crippen molar-refractivity contribution in [3.8, 4) is 0 Å². The third-order valence-electron chi connectivity index (χ3n) is 4.94. The fourth-order valence-electron chi connectivity index (χ4n) is 2.78. The van der Waals surface area contributed by atoms with Crippen LogP contribution in [-0.4, -0.2) is 0 Å². The molecule has 0 saturated carbocycles. The van der Waals surface area contributed by atoms with Crippen LogP contribution in [0.3, 0.4) is 0 Å². The van der Waals surface area contributed by atoms with Gasteiger partial charge in [0, 0.05) is 0 Å². The van der Waals surface area contributed by atoms with E-state index in [2.05, 4.69) is 65.3 Å². The Morgan fingerprint density at radius 1 is 0.731 bits per heavy atom. The Labute approximate surface area is 165 Å². The number of unbranched alkanes of at least 4 members (excludes halogenated alkanes) is 5. The summed E-state index contributed by atoms with van der Waals surface area (Å²) in [7, 11) is 0. The smallest absolute Gasteiger partial charge is 0.0260 e. The summed E-state index contributed by atoms with van der Waals surface area (Å²) < 4.78 is 0. The average Bonchev–Trinajstić information content (AvgIpc) is 2.61. The van der Waals surface area contributed by atoms with Crippen molar-refractivity contribution in [3.63, 3.8) is 0 Å². The van der Waals surface area contributed by atoms with E-state index < -0.39 is 0 Å². The molecule has 0 N–H and O–H groups in total. The van der Waals surface area contributed by atoms with Crippen molar-refractivity contribution < 1.29 is 0 Å². The van der Waals surface area contributed by atoms with Crippen LogP contribution >= 0.6 is 0 Å². The summed E-state index contributed by atoms with van der Waals surface area (Å²) in [4.78, 5) is 0. The summed E-state index contributed by atoms with van der Waals surface area (Å²) in [5.41, 5.74) is 0.419. The summed E-state index contributed by atoms with van der Waals surface area (Å²) in [5.74, 6) is 0.727. The normalized spacial score (nSPS) is 12.9. The minimum atomic E-state index is 0.419. The van der Waals surface area contributed by atoms with Crippen LogP contribution in [0.25, 0.3) is 0 Å². The van der Waals surface area contributed by atoms with Crippen LogP contribution in [0.2, 0.25) is 0 Å². The van der Waals surface area contributed by atoms with Gasteiger partial charge in [-0.1, -0.05) is 76.5 Å². The first-order valence-electron chi connectivity index (χ1n) is 10.6. The molecule has 0 rings (SSSR count). The van der Waals surface area contributed by atoms with E-state index >= 15 is 0 Å². The fourth-order valence-corrected chi connectivity index (χ4v) is 2.78. The topological polar surface area (TPSA) is 0 Å². The fraction of sp³-hybridized carbons (Fsp3) is 0.615. The van der Waals surface area contributed by atoms with Gasteiger partial charge in [-0.3, -0.25) is 0 Å². The summed E-state index contributed by atoms with van der Waals surface area (Å²) in [6.07, 6.45) is 26.2. The Balaban J connectivity index is 0. The molecule has 0 aliphatic heterocycles. The highest BCUT2D eigenvalue weighted by Crippen LogP contribution is 2.30. The molecule has 0 aromatic heterocycles. The largest absolute Gasteiger partial charge is 0.103 e. The molecule has 0 amide bonds. The molecule has 0 heteroatoms. The molecule has 1 unspecified atom stereocenters. The zero-order chi connectivity index (χ0) is 20.1. The van der Waals surface area contributed by atoms with Gasteiger partial charge in [0.15, 0.2) is 0 Å². The lowest BCUT2D eigenvalue weighted by molar-refractivity contribution is 0.319. The molecule has 0 aliphatic carbocycles. The second-order valence-corrected chi connectivity index (χ2v) is 7.77. The lowest BCUT2D eigenvalue weighted by Gasteiger charge is -2.25.